The second-order valence-corrected chi connectivity index (χ2v) is 6.65. The van der Waals surface area contributed by atoms with Crippen molar-refractivity contribution < 1.29 is 18.3 Å². The van der Waals surface area contributed by atoms with Gasteiger partial charge in [-0.3, -0.25) is 4.79 Å². The van der Waals surface area contributed by atoms with Gasteiger partial charge in [0, 0.05) is 25.3 Å². The Balaban J connectivity index is 1.41. The predicted molar refractivity (Wildman–Crippen MR) is 96.6 cm³/mol. The van der Waals surface area contributed by atoms with Gasteiger partial charge in [-0.25, -0.2) is 8.78 Å². The number of halogens is 3. The van der Waals surface area contributed by atoms with Crippen molar-refractivity contribution in [1.29, 1.82) is 0 Å². The Morgan fingerprint density at radius 2 is 1.92 bits per heavy atom. The van der Waals surface area contributed by atoms with E-state index in [1.54, 1.807) is 12.1 Å². The summed E-state index contributed by atoms with van der Waals surface area (Å²) in [6.45, 7) is 2.03. The van der Waals surface area contributed by atoms with E-state index in [1.165, 1.54) is 24.3 Å². The molecule has 1 N–H and O–H groups in total. The molecule has 1 aliphatic rings. The molecule has 3 rings (SSSR count). The predicted octanol–water partition coefficient (Wildman–Crippen LogP) is 3.64. The number of carbonyl (C=O) groups is 1. The minimum Gasteiger partial charge on any atom is -0.482 e. The summed E-state index contributed by atoms with van der Waals surface area (Å²) < 4.78 is 31.3. The Hall–Kier alpha value is -2.34. The third-order valence-electron chi connectivity index (χ3n) is 4.32. The molecule has 4 nitrogen and oxygen atoms in total. The van der Waals surface area contributed by atoms with Crippen LogP contribution in [0.1, 0.15) is 6.42 Å². The summed E-state index contributed by atoms with van der Waals surface area (Å²) in [6, 6.07) is 10.2. The number of benzene rings is 2. The number of hydrogen-bond donors (Lipinski definition) is 1. The van der Waals surface area contributed by atoms with Gasteiger partial charge in [-0.05, 0) is 54.8 Å². The molecule has 0 aliphatic carbocycles. The van der Waals surface area contributed by atoms with Crippen LogP contribution in [0.15, 0.2) is 42.5 Å². The highest BCUT2D eigenvalue weighted by molar-refractivity contribution is 6.32. The number of hydrogen-bond acceptors (Lipinski definition) is 3. The van der Waals surface area contributed by atoms with Crippen LogP contribution in [0, 0.1) is 17.6 Å². The lowest BCUT2D eigenvalue weighted by Crippen LogP contribution is -2.34. The molecule has 1 aliphatic heterocycles. The number of amides is 1. The largest absolute Gasteiger partial charge is 0.482 e. The zero-order valence-corrected chi connectivity index (χ0v) is 14.8. The van der Waals surface area contributed by atoms with E-state index in [0.29, 0.717) is 12.5 Å². The standard InChI is InChI=1S/C19H19ClF2N2O2/c20-17-9-15(22)3-6-18(17)26-12-19(25)23-10-13-7-8-24(11-13)16-4-1-14(21)2-5-16/h1-6,9,13H,7-8,10-12H2,(H,23,25)/t13-/m1/s1. The molecule has 0 radical (unpaired) electrons. The van der Waals surface area contributed by atoms with Gasteiger partial charge in [0.05, 0.1) is 5.02 Å². The fourth-order valence-electron chi connectivity index (χ4n) is 2.93. The molecule has 2 aromatic carbocycles. The molecular formula is C19H19ClF2N2O2. The highest BCUT2D eigenvalue weighted by Gasteiger charge is 2.23. The van der Waals surface area contributed by atoms with Crippen LogP contribution in [-0.2, 0) is 4.79 Å². The first-order valence-electron chi connectivity index (χ1n) is 8.36. The van der Waals surface area contributed by atoms with E-state index in [4.69, 9.17) is 16.3 Å². The van der Waals surface area contributed by atoms with Gasteiger partial charge in [-0.2, -0.15) is 0 Å². The number of nitrogens with one attached hydrogen (secondary N) is 1. The van der Waals surface area contributed by atoms with Gasteiger partial charge in [0.1, 0.15) is 17.4 Å². The molecule has 1 saturated heterocycles. The maximum absolute atomic E-state index is 13.0. The minimum atomic E-state index is -0.459. The van der Waals surface area contributed by atoms with E-state index < -0.39 is 5.82 Å². The summed E-state index contributed by atoms with van der Waals surface area (Å²) in [7, 11) is 0. The quantitative estimate of drug-likeness (QED) is 0.832. The molecule has 7 heteroatoms. The third-order valence-corrected chi connectivity index (χ3v) is 4.61. The molecule has 1 fully saturated rings. The Morgan fingerprint density at radius 1 is 1.19 bits per heavy atom. The Kier molecular flexibility index (Phi) is 5.93. The first-order chi connectivity index (χ1) is 12.5. The van der Waals surface area contributed by atoms with E-state index >= 15 is 0 Å². The van der Waals surface area contributed by atoms with Gasteiger partial charge in [0.25, 0.3) is 5.91 Å². The zero-order valence-electron chi connectivity index (χ0n) is 14.1. The summed E-state index contributed by atoms with van der Waals surface area (Å²) in [5, 5.41) is 2.97. The van der Waals surface area contributed by atoms with Crippen LogP contribution < -0.4 is 15.0 Å². The summed E-state index contributed by atoms with van der Waals surface area (Å²) in [5.41, 5.74) is 0.981. The average molecular weight is 381 g/mol. The van der Waals surface area contributed by atoms with Gasteiger partial charge in [0.2, 0.25) is 0 Å². The maximum Gasteiger partial charge on any atom is 0.257 e. The van der Waals surface area contributed by atoms with Crippen LogP contribution >= 0.6 is 11.6 Å². The summed E-state index contributed by atoms with van der Waals surface area (Å²) in [4.78, 5) is 14.1. The monoisotopic (exact) mass is 380 g/mol. The van der Waals surface area contributed by atoms with E-state index in [1.807, 2.05) is 0 Å². The normalized spacial score (nSPS) is 16.6. The molecule has 26 heavy (non-hydrogen) atoms. The molecule has 1 amide bonds. The lowest BCUT2D eigenvalue weighted by Gasteiger charge is -2.19. The first kappa shape index (κ1) is 18.5. The number of carbonyl (C=O) groups excluding carboxylic acids is 1. The molecule has 0 bridgehead atoms. The molecule has 138 valence electrons. The van der Waals surface area contributed by atoms with Crippen LogP contribution in [0.25, 0.3) is 0 Å². The van der Waals surface area contributed by atoms with Crippen LogP contribution in [0.3, 0.4) is 0 Å². The lowest BCUT2D eigenvalue weighted by atomic mass is 10.1. The fourth-order valence-corrected chi connectivity index (χ4v) is 3.15. The molecule has 0 unspecified atom stereocenters. The summed E-state index contributed by atoms with van der Waals surface area (Å²) in [5.74, 6) is -0.382. The fraction of sp³-hybridized carbons (Fsp3) is 0.316. The first-order valence-corrected chi connectivity index (χ1v) is 8.74. The minimum absolute atomic E-state index is 0.128. The van der Waals surface area contributed by atoms with Crippen molar-refractivity contribution in [3.05, 3.63) is 59.1 Å². The Labute approximate surface area is 155 Å². The van der Waals surface area contributed by atoms with Crippen molar-refractivity contribution in [3.63, 3.8) is 0 Å². The van der Waals surface area contributed by atoms with Crippen molar-refractivity contribution in [2.24, 2.45) is 5.92 Å². The van der Waals surface area contributed by atoms with E-state index in [9.17, 15) is 13.6 Å². The van der Waals surface area contributed by atoms with Crippen molar-refractivity contribution in [1.82, 2.24) is 5.32 Å². The summed E-state index contributed by atoms with van der Waals surface area (Å²) >= 11 is 5.85. The molecule has 1 heterocycles. The van der Waals surface area contributed by atoms with Crippen molar-refractivity contribution in [2.75, 3.05) is 31.1 Å². The molecule has 0 saturated carbocycles. The molecule has 0 spiro atoms. The van der Waals surface area contributed by atoms with Gasteiger partial charge in [0.15, 0.2) is 6.61 Å². The molecule has 1 atom stereocenters. The molecule has 0 aromatic heterocycles. The number of rotatable bonds is 6. The van der Waals surface area contributed by atoms with Crippen LogP contribution in [0.5, 0.6) is 5.75 Å². The van der Waals surface area contributed by atoms with Crippen LogP contribution in [0.4, 0.5) is 14.5 Å². The topological polar surface area (TPSA) is 41.6 Å². The highest BCUT2D eigenvalue weighted by Crippen LogP contribution is 2.25. The van der Waals surface area contributed by atoms with Crippen molar-refractivity contribution in [3.8, 4) is 5.75 Å². The second-order valence-electron chi connectivity index (χ2n) is 6.24. The Morgan fingerprint density at radius 3 is 2.65 bits per heavy atom. The number of anilines is 1. The van der Waals surface area contributed by atoms with Crippen LogP contribution in [-0.4, -0.2) is 32.1 Å². The van der Waals surface area contributed by atoms with E-state index in [-0.39, 0.29) is 29.1 Å². The second kappa shape index (κ2) is 8.36. The summed E-state index contributed by atoms with van der Waals surface area (Å²) in [6.07, 6.45) is 0.947. The molecular weight excluding hydrogens is 362 g/mol. The number of ether oxygens (including phenoxy) is 1. The molecule has 2 aromatic rings. The third kappa shape index (κ3) is 4.85. The van der Waals surface area contributed by atoms with E-state index in [0.717, 1.165) is 31.3 Å². The van der Waals surface area contributed by atoms with Crippen molar-refractivity contribution >= 4 is 23.2 Å². The van der Waals surface area contributed by atoms with Crippen molar-refractivity contribution in [2.45, 2.75) is 6.42 Å². The maximum atomic E-state index is 13.0. The van der Waals surface area contributed by atoms with E-state index in [2.05, 4.69) is 10.2 Å². The zero-order chi connectivity index (χ0) is 18.5. The SMILES string of the molecule is O=C(COc1ccc(F)cc1Cl)NC[C@H]1CCN(c2ccc(F)cc2)C1. The van der Waals surface area contributed by atoms with Gasteiger partial charge in [-0.1, -0.05) is 11.6 Å². The van der Waals surface area contributed by atoms with Gasteiger partial charge < -0.3 is 15.0 Å². The average Bonchev–Trinajstić information content (AvgIpc) is 3.09. The van der Waals surface area contributed by atoms with Gasteiger partial charge in [-0.15, -0.1) is 0 Å². The Bertz CT molecular complexity index is 771. The van der Waals surface area contributed by atoms with Gasteiger partial charge >= 0.3 is 0 Å². The number of nitrogens with zero attached hydrogens (tertiary/aromatic N) is 1. The smallest absolute Gasteiger partial charge is 0.257 e. The highest BCUT2D eigenvalue weighted by atomic mass is 35.5. The van der Waals surface area contributed by atoms with Crippen LogP contribution in [0.2, 0.25) is 5.02 Å². The lowest BCUT2D eigenvalue weighted by molar-refractivity contribution is -0.123.